The molecule has 0 saturated heterocycles. The van der Waals surface area contributed by atoms with Crippen LogP contribution in [0, 0.1) is 6.92 Å². The van der Waals surface area contributed by atoms with E-state index in [2.05, 4.69) is 15.5 Å². The molecule has 5 nitrogen and oxygen atoms in total. The fourth-order valence-corrected chi connectivity index (χ4v) is 4.44. The lowest BCUT2D eigenvalue weighted by molar-refractivity contribution is -0.00432. The maximum atomic E-state index is 12.6. The molecule has 32 heavy (non-hydrogen) atoms. The number of aromatic nitrogens is 1. The van der Waals surface area contributed by atoms with Gasteiger partial charge in [-0.3, -0.25) is 9.78 Å². The van der Waals surface area contributed by atoms with Crippen molar-refractivity contribution in [2.24, 2.45) is 5.16 Å². The normalized spacial score (nSPS) is 17.6. The number of aryl methyl sites for hydroxylation is 1. The maximum Gasteiger partial charge on any atom is 0.251 e. The van der Waals surface area contributed by atoms with Crippen molar-refractivity contribution in [2.45, 2.75) is 25.5 Å². The van der Waals surface area contributed by atoms with Gasteiger partial charge in [0.1, 0.15) is 0 Å². The highest BCUT2D eigenvalue weighted by Gasteiger charge is 2.41. The first-order valence-electron chi connectivity index (χ1n) is 9.97. The van der Waals surface area contributed by atoms with Crippen molar-refractivity contribution in [2.75, 3.05) is 5.88 Å². The topological polar surface area (TPSA) is 63.6 Å². The Morgan fingerprint density at radius 2 is 1.91 bits per heavy atom. The van der Waals surface area contributed by atoms with E-state index in [1.54, 1.807) is 30.5 Å². The molecular formula is C24H20Cl3N3O2. The zero-order chi connectivity index (χ0) is 22.7. The molecule has 2 aromatic carbocycles. The first-order valence-corrected chi connectivity index (χ1v) is 11.3. The van der Waals surface area contributed by atoms with Gasteiger partial charge in [-0.15, -0.1) is 11.6 Å². The van der Waals surface area contributed by atoms with E-state index >= 15 is 0 Å². The van der Waals surface area contributed by atoms with Crippen LogP contribution >= 0.6 is 34.8 Å². The Balaban J connectivity index is 1.50. The first-order chi connectivity index (χ1) is 15.4. The number of nitrogens with one attached hydrogen (secondary N) is 1. The standard InChI is InChI=1S/C24H20Cl3N3O2/c1-15-8-16(5-6-21(15)23(31)29-13-20-4-2-3-7-28-20)22-12-24(14-25,32-30-22)17-9-18(26)11-19(27)10-17/h2-11H,12-14H2,1H3,(H,29,31). The molecule has 1 amide bonds. The molecule has 2 heterocycles. The van der Waals surface area contributed by atoms with Gasteiger partial charge in [-0.25, -0.2) is 0 Å². The summed E-state index contributed by atoms with van der Waals surface area (Å²) in [5, 5.41) is 8.21. The quantitative estimate of drug-likeness (QED) is 0.440. The molecule has 1 unspecified atom stereocenters. The number of pyridine rings is 1. The van der Waals surface area contributed by atoms with E-state index in [9.17, 15) is 4.79 Å². The Bertz CT molecular complexity index is 1160. The van der Waals surface area contributed by atoms with Gasteiger partial charge in [-0.1, -0.05) is 40.5 Å². The lowest BCUT2D eigenvalue weighted by atomic mass is 9.88. The number of rotatable bonds is 6. The highest BCUT2D eigenvalue weighted by Crippen LogP contribution is 2.39. The molecule has 0 fully saturated rings. The summed E-state index contributed by atoms with van der Waals surface area (Å²) in [6, 6.07) is 16.4. The number of halogens is 3. The Kier molecular flexibility index (Phi) is 6.70. The van der Waals surface area contributed by atoms with E-state index in [-0.39, 0.29) is 11.8 Å². The molecule has 164 valence electrons. The zero-order valence-corrected chi connectivity index (χ0v) is 19.5. The van der Waals surface area contributed by atoms with Crippen LogP contribution in [0.25, 0.3) is 0 Å². The van der Waals surface area contributed by atoms with Gasteiger partial charge in [0.05, 0.1) is 23.8 Å². The minimum atomic E-state index is -0.849. The molecule has 1 aliphatic rings. The molecule has 1 aromatic heterocycles. The van der Waals surface area contributed by atoms with Crippen LogP contribution in [-0.4, -0.2) is 22.5 Å². The summed E-state index contributed by atoms with van der Waals surface area (Å²) >= 11 is 18.6. The van der Waals surface area contributed by atoms with Crippen LogP contribution in [-0.2, 0) is 17.0 Å². The lowest BCUT2D eigenvalue weighted by Crippen LogP contribution is -2.28. The molecule has 3 aromatic rings. The van der Waals surface area contributed by atoms with Gasteiger partial charge in [-0.2, -0.15) is 0 Å². The SMILES string of the molecule is Cc1cc(C2=NOC(CCl)(c3cc(Cl)cc(Cl)c3)C2)ccc1C(=O)NCc1ccccn1. The molecule has 1 N–H and O–H groups in total. The van der Waals surface area contributed by atoms with E-state index in [4.69, 9.17) is 39.6 Å². The number of hydrogen-bond donors (Lipinski definition) is 1. The third-order valence-corrected chi connectivity index (χ3v) is 6.22. The van der Waals surface area contributed by atoms with Crippen molar-refractivity contribution >= 4 is 46.4 Å². The van der Waals surface area contributed by atoms with Crippen LogP contribution in [0.4, 0.5) is 0 Å². The predicted molar refractivity (Wildman–Crippen MR) is 128 cm³/mol. The van der Waals surface area contributed by atoms with Crippen LogP contribution in [0.5, 0.6) is 0 Å². The number of hydrogen-bond acceptors (Lipinski definition) is 4. The third-order valence-electron chi connectivity index (χ3n) is 5.35. The summed E-state index contributed by atoms with van der Waals surface area (Å²) in [5.41, 5.74) is 3.75. The second-order valence-electron chi connectivity index (χ2n) is 7.63. The summed E-state index contributed by atoms with van der Waals surface area (Å²) in [7, 11) is 0. The van der Waals surface area contributed by atoms with Crippen molar-refractivity contribution in [3.8, 4) is 0 Å². The zero-order valence-electron chi connectivity index (χ0n) is 17.2. The van der Waals surface area contributed by atoms with E-state index in [1.165, 1.54) is 0 Å². The van der Waals surface area contributed by atoms with Gasteiger partial charge < -0.3 is 10.2 Å². The fraction of sp³-hybridized carbons (Fsp3) is 0.208. The van der Waals surface area contributed by atoms with E-state index in [0.29, 0.717) is 28.6 Å². The monoisotopic (exact) mass is 487 g/mol. The largest absolute Gasteiger partial charge is 0.382 e. The van der Waals surface area contributed by atoms with Gasteiger partial charge >= 0.3 is 0 Å². The summed E-state index contributed by atoms with van der Waals surface area (Å²) in [6.07, 6.45) is 2.15. The lowest BCUT2D eigenvalue weighted by Gasteiger charge is -2.25. The van der Waals surface area contributed by atoms with Gasteiger partial charge in [0, 0.05) is 33.8 Å². The first kappa shape index (κ1) is 22.6. The van der Waals surface area contributed by atoms with Gasteiger partial charge in [-0.05, 0) is 60.5 Å². The number of alkyl halides is 1. The Morgan fingerprint density at radius 1 is 1.12 bits per heavy atom. The minimum absolute atomic E-state index is 0.159. The molecule has 0 bridgehead atoms. The molecule has 1 atom stereocenters. The second kappa shape index (κ2) is 9.49. The maximum absolute atomic E-state index is 12.6. The molecule has 4 rings (SSSR count). The average Bonchev–Trinajstić information content (AvgIpc) is 3.23. The molecule has 0 saturated carbocycles. The van der Waals surface area contributed by atoms with Crippen LogP contribution in [0.3, 0.4) is 0 Å². The molecular weight excluding hydrogens is 469 g/mol. The van der Waals surface area contributed by atoms with Gasteiger partial charge in [0.2, 0.25) is 0 Å². The molecule has 1 aliphatic heterocycles. The summed E-state index contributed by atoms with van der Waals surface area (Å²) in [5.74, 6) is 0.0249. The van der Waals surface area contributed by atoms with Gasteiger partial charge in [0.15, 0.2) is 5.60 Å². The van der Waals surface area contributed by atoms with E-state index in [1.807, 2.05) is 37.3 Å². The van der Waals surface area contributed by atoms with Crippen LogP contribution in [0.15, 0.2) is 65.9 Å². The van der Waals surface area contributed by atoms with Crippen LogP contribution in [0.2, 0.25) is 10.0 Å². The fourth-order valence-electron chi connectivity index (χ4n) is 3.62. The average molecular weight is 489 g/mol. The smallest absolute Gasteiger partial charge is 0.251 e. The molecule has 8 heteroatoms. The molecule has 0 aliphatic carbocycles. The number of carbonyl (C=O) groups excluding carboxylic acids is 1. The molecule has 0 spiro atoms. The highest BCUT2D eigenvalue weighted by molar-refractivity contribution is 6.34. The molecule has 0 radical (unpaired) electrons. The summed E-state index contributed by atoms with van der Waals surface area (Å²) in [6.45, 7) is 2.25. The summed E-state index contributed by atoms with van der Waals surface area (Å²) < 4.78 is 0. The number of carbonyl (C=O) groups is 1. The second-order valence-corrected chi connectivity index (χ2v) is 8.77. The number of oxime groups is 1. The van der Waals surface area contributed by atoms with Gasteiger partial charge in [0.25, 0.3) is 5.91 Å². The van der Waals surface area contributed by atoms with Crippen molar-refractivity contribution in [1.29, 1.82) is 0 Å². The summed E-state index contributed by atoms with van der Waals surface area (Å²) in [4.78, 5) is 22.7. The Labute approximate surface area is 201 Å². The number of benzene rings is 2. The Hall–Kier alpha value is -2.60. The van der Waals surface area contributed by atoms with Crippen molar-refractivity contribution in [3.05, 3.63) is 98.8 Å². The minimum Gasteiger partial charge on any atom is -0.382 e. The van der Waals surface area contributed by atoms with Crippen molar-refractivity contribution in [1.82, 2.24) is 10.3 Å². The number of nitrogens with zero attached hydrogens (tertiary/aromatic N) is 2. The van der Waals surface area contributed by atoms with Crippen LogP contribution < -0.4 is 5.32 Å². The van der Waals surface area contributed by atoms with Crippen LogP contribution in [0.1, 0.15) is 39.2 Å². The van der Waals surface area contributed by atoms with E-state index in [0.717, 1.165) is 28.1 Å². The Morgan fingerprint density at radius 3 is 2.56 bits per heavy atom. The van der Waals surface area contributed by atoms with E-state index < -0.39 is 5.60 Å². The predicted octanol–water partition coefficient (Wildman–Crippen LogP) is 5.89. The van der Waals surface area contributed by atoms with Crippen molar-refractivity contribution in [3.63, 3.8) is 0 Å². The highest BCUT2D eigenvalue weighted by atomic mass is 35.5. The third kappa shape index (κ3) is 4.75. The van der Waals surface area contributed by atoms with Crippen molar-refractivity contribution < 1.29 is 9.63 Å². The number of amides is 1.